The normalized spacial score (nSPS) is 13.3. The molecule has 0 bridgehead atoms. The van der Waals surface area contributed by atoms with Crippen LogP contribution in [-0.4, -0.2) is 20.0 Å². The number of rotatable bonds is 3. The quantitative estimate of drug-likeness (QED) is 0.370. The minimum atomic E-state index is -4.55. The van der Waals surface area contributed by atoms with E-state index in [-0.39, 0.29) is 0 Å². The fourth-order valence-electron chi connectivity index (χ4n) is 0.584. The van der Waals surface area contributed by atoms with Gasteiger partial charge in [-0.2, -0.15) is 13.2 Å². The molecule has 0 unspecified atom stereocenters. The van der Waals surface area contributed by atoms with Crippen LogP contribution in [-0.2, 0) is 4.74 Å². The molecule has 0 aromatic heterocycles. The van der Waals surface area contributed by atoms with Crippen LogP contribution in [0.4, 0.5) is 13.2 Å². The van der Waals surface area contributed by atoms with Crippen LogP contribution >= 0.6 is 0 Å². The third kappa shape index (κ3) is 2.41. The molecule has 0 heterocycles. The monoisotopic (exact) mass is 179 g/mol. The molecule has 0 atom stereocenters. The second-order valence-electron chi connectivity index (χ2n) is 1.78. The zero-order valence-electron chi connectivity index (χ0n) is 6.48. The van der Waals surface area contributed by atoms with Crippen LogP contribution in [0.3, 0.4) is 0 Å². The average Bonchev–Trinajstić information content (AvgIpc) is 1.97. The van der Waals surface area contributed by atoms with E-state index in [2.05, 4.69) is 23.0 Å². The lowest BCUT2D eigenvalue weighted by Gasteiger charge is -2.09. The number of allylic oxidation sites excluding steroid dienone is 2. The summed E-state index contributed by atoms with van der Waals surface area (Å²) in [6.45, 7) is 5.93. The Morgan fingerprint density at radius 1 is 1.50 bits per heavy atom. The van der Waals surface area contributed by atoms with Gasteiger partial charge in [0.05, 0.1) is 7.11 Å². The SMILES string of the molecule is C=C/C(OC)=C(\N=C)C(F)(F)F. The summed E-state index contributed by atoms with van der Waals surface area (Å²) in [5.41, 5.74) is -1.17. The maximum Gasteiger partial charge on any atom is 0.437 e. The van der Waals surface area contributed by atoms with Crippen molar-refractivity contribution < 1.29 is 17.9 Å². The van der Waals surface area contributed by atoms with E-state index in [4.69, 9.17) is 0 Å². The van der Waals surface area contributed by atoms with Gasteiger partial charge in [0.1, 0.15) is 5.76 Å². The summed E-state index contributed by atoms with van der Waals surface area (Å²) in [4.78, 5) is 2.81. The number of ether oxygens (including phenoxy) is 1. The highest BCUT2D eigenvalue weighted by atomic mass is 19.4. The van der Waals surface area contributed by atoms with Crippen LogP contribution in [0.1, 0.15) is 0 Å². The van der Waals surface area contributed by atoms with Crippen LogP contribution in [0.25, 0.3) is 0 Å². The van der Waals surface area contributed by atoms with Gasteiger partial charge in [-0.1, -0.05) is 6.58 Å². The molecular formula is C7H8F3NO. The third-order valence-corrected chi connectivity index (χ3v) is 1.07. The van der Waals surface area contributed by atoms with Crippen molar-refractivity contribution in [1.29, 1.82) is 0 Å². The lowest BCUT2D eigenvalue weighted by molar-refractivity contribution is -0.0950. The van der Waals surface area contributed by atoms with Gasteiger partial charge in [-0.3, -0.25) is 4.99 Å². The highest BCUT2D eigenvalue weighted by molar-refractivity contribution is 5.33. The Morgan fingerprint density at radius 3 is 2.08 bits per heavy atom. The first-order valence-corrected chi connectivity index (χ1v) is 2.92. The first-order chi connectivity index (χ1) is 5.47. The highest BCUT2D eigenvalue weighted by Crippen LogP contribution is 2.29. The number of halogens is 3. The standard InChI is InChI=1S/C7H8F3NO/c1-4-5(12-3)6(11-2)7(8,9)10/h4H,1-2H2,3H3/b6-5+. The second kappa shape index (κ2) is 3.94. The van der Waals surface area contributed by atoms with Gasteiger partial charge in [-0.05, 0) is 12.8 Å². The molecule has 0 aliphatic carbocycles. The summed E-state index contributed by atoms with van der Waals surface area (Å²) in [6, 6.07) is 0. The van der Waals surface area contributed by atoms with Crippen molar-refractivity contribution in [1.82, 2.24) is 0 Å². The fourth-order valence-corrected chi connectivity index (χ4v) is 0.584. The van der Waals surface area contributed by atoms with E-state index in [0.29, 0.717) is 0 Å². The predicted molar refractivity (Wildman–Crippen MR) is 39.8 cm³/mol. The van der Waals surface area contributed by atoms with Crippen molar-refractivity contribution in [2.75, 3.05) is 7.11 Å². The number of alkyl halides is 3. The zero-order chi connectivity index (χ0) is 9.78. The molecule has 0 spiro atoms. The van der Waals surface area contributed by atoms with Gasteiger partial charge in [0.25, 0.3) is 0 Å². The van der Waals surface area contributed by atoms with Crippen LogP contribution in [0.5, 0.6) is 0 Å². The second-order valence-corrected chi connectivity index (χ2v) is 1.78. The topological polar surface area (TPSA) is 21.6 Å². The number of hydrogen-bond donors (Lipinski definition) is 0. The fraction of sp³-hybridized carbons (Fsp3) is 0.286. The van der Waals surface area contributed by atoms with E-state index in [0.717, 1.165) is 13.2 Å². The molecule has 68 valence electrons. The summed E-state index contributed by atoms with van der Waals surface area (Å²) < 4.78 is 40.5. The van der Waals surface area contributed by atoms with Crippen molar-refractivity contribution in [2.45, 2.75) is 6.18 Å². The Balaban J connectivity index is 5.09. The number of aliphatic imine (C=N–C) groups is 1. The molecule has 5 heteroatoms. The summed E-state index contributed by atoms with van der Waals surface area (Å²) in [5, 5.41) is 0. The van der Waals surface area contributed by atoms with Crippen molar-refractivity contribution in [3.8, 4) is 0 Å². The Kier molecular flexibility index (Phi) is 3.53. The smallest absolute Gasteiger partial charge is 0.437 e. The molecule has 0 aliphatic heterocycles. The Labute approximate surface area is 68.1 Å². The first-order valence-electron chi connectivity index (χ1n) is 2.92. The van der Waals surface area contributed by atoms with Crippen molar-refractivity contribution >= 4 is 6.72 Å². The molecule has 2 nitrogen and oxygen atoms in total. The van der Waals surface area contributed by atoms with Crippen LogP contribution in [0.15, 0.2) is 29.1 Å². The molecule has 0 aromatic rings. The minimum Gasteiger partial charge on any atom is -0.495 e. The number of hydrogen-bond acceptors (Lipinski definition) is 2. The number of nitrogens with zero attached hydrogens (tertiary/aromatic N) is 1. The predicted octanol–water partition coefficient (Wildman–Crippen LogP) is 2.29. The summed E-state index contributed by atoms with van der Waals surface area (Å²) in [6.07, 6.45) is -3.63. The minimum absolute atomic E-state index is 0.433. The van der Waals surface area contributed by atoms with E-state index in [9.17, 15) is 13.2 Å². The van der Waals surface area contributed by atoms with Gasteiger partial charge >= 0.3 is 6.18 Å². The molecule has 0 rings (SSSR count). The lowest BCUT2D eigenvalue weighted by atomic mass is 10.3. The summed E-state index contributed by atoms with van der Waals surface area (Å²) in [5.74, 6) is -0.433. The van der Waals surface area contributed by atoms with Gasteiger partial charge in [0, 0.05) is 0 Å². The van der Waals surface area contributed by atoms with E-state index in [1.165, 1.54) is 0 Å². The maximum absolute atomic E-state index is 12.0. The Hall–Kier alpha value is -1.26. The molecule has 12 heavy (non-hydrogen) atoms. The zero-order valence-corrected chi connectivity index (χ0v) is 6.48. The van der Waals surface area contributed by atoms with E-state index >= 15 is 0 Å². The molecule has 0 aliphatic rings. The average molecular weight is 179 g/mol. The molecule has 0 N–H and O–H groups in total. The van der Waals surface area contributed by atoms with Gasteiger partial charge in [0.15, 0.2) is 5.70 Å². The molecule has 0 radical (unpaired) electrons. The molecule has 0 saturated carbocycles. The molecule has 0 fully saturated rings. The van der Waals surface area contributed by atoms with E-state index in [1.54, 1.807) is 0 Å². The summed E-state index contributed by atoms with van der Waals surface area (Å²) in [7, 11) is 1.11. The van der Waals surface area contributed by atoms with Crippen molar-refractivity contribution in [2.24, 2.45) is 4.99 Å². The van der Waals surface area contributed by atoms with E-state index < -0.39 is 17.6 Å². The highest BCUT2D eigenvalue weighted by Gasteiger charge is 2.36. The molecule has 0 aromatic carbocycles. The van der Waals surface area contributed by atoms with Gasteiger partial charge < -0.3 is 4.74 Å². The lowest BCUT2D eigenvalue weighted by Crippen LogP contribution is -2.12. The third-order valence-electron chi connectivity index (χ3n) is 1.07. The molecule has 0 saturated heterocycles. The first kappa shape index (κ1) is 10.7. The number of methoxy groups -OCH3 is 1. The van der Waals surface area contributed by atoms with Gasteiger partial charge in [-0.15, -0.1) is 0 Å². The van der Waals surface area contributed by atoms with Crippen molar-refractivity contribution in [3.63, 3.8) is 0 Å². The summed E-state index contributed by atoms with van der Waals surface area (Å²) >= 11 is 0. The van der Waals surface area contributed by atoms with Crippen LogP contribution < -0.4 is 0 Å². The molecular weight excluding hydrogens is 171 g/mol. The largest absolute Gasteiger partial charge is 0.495 e. The van der Waals surface area contributed by atoms with Gasteiger partial charge in [0.2, 0.25) is 0 Å². The van der Waals surface area contributed by atoms with E-state index in [1.807, 2.05) is 0 Å². The van der Waals surface area contributed by atoms with Crippen LogP contribution in [0, 0.1) is 0 Å². The van der Waals surface area contributed by atoms with Gasteiger partial charge in [-0.25, -0.2) is 0 Å². The Bertz CT molecular complexity index is 217. The van der Waals surface area contributed by atoms with Crippen molar-refractivity contribution in [3.05, 3.63) is 24.1 Å². The Morgan fingerprint density at radius 2 is 2.00 bits per heavy atom. The maximum atomic E-state index is 12.0. The van der Waals surface area contributed by atoms with Crippen LogP contribution in [0.2, 0.25) is 0 Å². The molecule has 0 amide bonds.